The highest BCUT2D eigenvalue weighted by Gasteiger charge is 2.11. The molecule has 2 heterocycles. The molecule has 0 fully saturated rings. The van der Waals surface area contributed by atoms with E-state index in [4.69, 9.17) is 4.42 Å². The number of furan rings is 1. The Kier molecular flexibility index (Phi) is 4.06. The molecule has 0 radical (unpaired) electrons. The first-order valence-corrected chi connectivity index (χ1v) is 6.73. The molecule has 22 heavy (non-hydrogen) atoms. The van der Waals surface area contributed by atoms with Gasteiger partial charge in [0.1, 0.15) is 5.71 Å². The van der Waals surface area contributed by atoms with Gasteiger partial charge in [0, 0.05) is 11.8 Å². The summed E-state index contributed by atoms with van der Waals surface area (Å²) >= 11 is 0. The number of nitrogens with zero attached hydrogens (tertiary/aromatic N) is 2. The molecule has 3 aromatic rings. The zero-order chi connectivity index (χ0) is 15.2. The van der Waals surface area contributed by atoms with Crippen molar-refractivity contribution < 1.29 is 9.21 Å². The average molecular weight is 291 g/mol. The molecule has 0 saturated carbocycles. The number of hydrazone groups is 1. The molecule has 1 aromatic carbocycles. The quantitative estimate of drug-likeness (QED) is 0.593. The Bertz CT molecular complexity index is 725. The number of rotatable bonds is 4. The van der Waals surface area contributed by atoms with Crippen LogP contribution in [0.2, 0.25) is 0 Å². The van der Waals surface area contributed by atoms with Gasteiger partial charge in [-0.15, -0.1) is 0 Å². The summed E-state index contributed by atoms with van der Waals surface area (Å²) in [6, 6.07) is 18.3. The maximum absolute atomic E-state index is 11.9. The number of carbonyl (C=O) groups excluding carboxylic acids is 1. The second-order valence-corrected chi connectivity index (χ2v) is 4.46. The van der Waals surface area contributed by atoms with Gasteiger partial charge in [-0.3, -0.25) is 9.78 Å². The van der Waals surface area contributed by atoms with Gasteiger partial charge in [0.15, 0.2) is 5.76 Å². The summed E-state index contributed by atoms with van der Waals surface area (Å²) < 4.78 is 5.04. The third kappa shape index (κ3) is 3.09. The Hall–Kier alpha value is -3.21. The summed E-state index contributed by atoms with van der Waals surface area (Å²) in [7, 11) is 0. The Morgan fingerprint density at radius 2 is 1.82 bits per heavy atom. The van der Waals surface area contributed by atoms with Crippen molar-refractivity contribution in [2.45, 2.75) is 0 Å². The SMILES string of the molecule is O=C(N/N=C(/c1ccccc1)c1ccccn1)c1ccco1. The van der Waals surface area contributed by atoms with Crippen molar-refractivity contribution in [2.24, 2.45) is 5.10 Å². The van der Waals surface area contributed by atoms with Crippen molar-refractivity contribution in [3.05, 3.63) is 90.1 Å². The highest BCUT2D eigenvalue weighted by Crippen LogP contribution is 2.08. The van der Waals surface area contributed by atoms with Crippen LogP contribution in [0.3, 0.4) is 0 Å². The van der Waals surface area contributed by atoms with Gasteiger partial charge in [0.2, 0.25) is 0 Å². The molecule has 2 aromatic heterocycles. The zero-order valence-corrected chi connectivity index (χ0v) is 11.6. The minimum atomic E-state index is -0.408. The molecular weight excluding hydrogens is 278 g/mol. The minimum absolute atomic E-state index is 0.206. The van der Waals surface area contributed by atoms with E-state index in [1.54, 1.807) is 18.3 Å². The number of benzene rings is 1. The molecule has 0 unspecified atom stereocenters. The average Bonchev–Trinajstić information content (AvgIpc) is 3.11. The summed E-state index contributed by atoms with van der Waals surface area (Å²) in [5, 5.41) is 4.21. The number of pyridine rings is 1. The van der Waals surface area contributed by atoms with E-state index >= 15 is 0 Å². The largest absolute Gasteiger partial charge is 0.459 e. The molecule has 0 atom stereocenters. The monoisotopic (exact) mass is 291 g/mol. The van der Waals surface area contributed by atoms with Gasteiger partial charge in [0.25, 0.3) is 0 Å². The van der Waals surface area contributed by atoms with Crippen LogP contribution in [-0.2, 0) is 0 Å². The first kappa shape index (κ1) is 13.8. The summed E-state index contributed by atoms with van der Waals surface area (Å²) in [5.41, 5.74) is 4.62. The predicted octanol–water partition coefficient (Wildman–Crippen LogP) is 2.86. The van der Waals surface area contributed by atoms with E-state index in [0.29, 0.717) is 11.4 Å². The lowest BCUT2D eigenvalue weighted by molar-refractivity contribution is 0.0927. The van der Waals surface area contributed by atoms with Crippen LogP contribution in [0.1, 0.15) is 21.8 Å². The van der Waals surface area contributed by atoms with Crippen LogP contribution in [0.15, 0.2) is 82.6 Å². The molecule has 0 aliphatic heterocycles. The molecule has 0 bridgehead atoms. The smallest absolute Gasteiger partial charge is 0.307 e. The Balaban J connectivity index is 1.92. The van der Waals surface area contributed by atoms with Gasteiger partial charge in [0.05, 0.1) is 12.0 Å². The molecule has 0 spiro atoms. The Morgan fingerprint density at radius 1 is 1.00 bits per heavy atom. The second-order valence-electron chi connectivity index (χ2n) is 4.46. The third-order valence-electron chi connectivity index (χ3n) is 2.97. The maximum atomic E-state index is 11.9. The number of amides is 1. The van der Waals surface area contributed by atoms with Gasteiger partial charge in [-0.2, -0.15) is 5.10 Å². The zero-order valence-electron chi connectivity index (χ0n) is 11.6. The standard InChI is InChI=1S/C17H13N3O2/c21-17(15-10-6-12-22-15)20-19-16(13-7-2-1-3-8-13)14-9-4-5-11-18-14/h1-12H,(H,20,21)/b19-16-. The lowest BCUT2D eigenvalue weighted by atomic mass is 10.1. The lowest BCUT2D eigenvalue weighted by Crippen LogP contribution is -2.20. The van der Waals surface area contributed by atoms with Crippen molar-refractivity contribution in [1.82, 2.24) is 10.4 Å². The molecule has 0 saturated heterocycles. The van der Waals surface area contributed by atoms with E-state index in [1.165, 1.54) is 6.26 Å². The molecule has 0 aliphatic rings. The molecule has 1 N–H and O–H groups in total. The molecule has 0 aliphatic carbocycles. The van der Waals surface area contributed by atoms with E-state index in [1.807, 2.05) is 48.5 Å². The van der Waals surface area contributed by atoms with Crippen LogP contribution in [0.5, 0.6) is 0 Å². The number of hydrogen-bond donors (Lipinski definition) is 1. The van der Waals surface area contributed by atoms with Crippen LogP contribution in [-0.4, -0.2) is 16.6 Å². The van der Waals surface area contributed by atoms with Crippen LogP contribution in [0.4, 0.5) is 0 Å². The van der Waals surface area contributed by atoms with Crippen molar-refractivity contribution in [1.29, 1.82) is 0 Å². The normalized spacial score (nSPS) is 11.2. The van der Waals surface area contributed by atoms with Crippen molar-refractivity contribution in [3.8, 4) is 0 Å². The van der Waals surface area contributed by atoms with Crippen LogP contribution in [0, 0.1) is 0 Å². The summed E-state index contributed by atoms with van der Waals surface area (Å²) in [4.78, 5) is 16.2. The molecule has 3 rings (SSSR count). The Labute approximate surface area is 127 Å². The fourth-order valence-electron chi connectivity index (χ4n) is 1.94. The van der Waals surface area contributed by atoms with E-state index in [9.17, 15) is 4.79 Å². The highest BCUT2D eigenvalue weighted by atomic mass is 16.3. The highest BCUT2D eigenvalue weighted by molar-refractivity contribution is 6.12. The van der Waals surface area contributed by atoms with Crippen LogP contribution < -0.4 is 5.43 Å². The summed E-state index contributed by atoms with van der Waals surface area (Å²) in [5.74, 6) is -0.202. The first-order valence-electron chi connectivity index (χ1n) is 6.73. The van der Waals surface area contributed by atoms with Crippen molar-refractivity contribution >= 4 is 11.6 Å². The van der Waals surface area contributed by atoms with E-state index in [0.717, 1.165) is 5.56 Å². The fraction of sp³-hybridized carbons (Fsp3) is 0. The molecule has 5 heteroatoms. The molecular formula is C17H13N3O2. The summed E-state index contributed by atoms with van der Waals surface area (Å²) in [6.45, 7) is 0. The lowest BCUT2D eigenvalue weighted by Gasteiger charge is -2.06. The fourth-order valence-corrected chi connectivity index (χ4v) is 1.94. The van der Waals surface area contributed by atoms with Gasteiger partial charge in [-0.25, -0.2) is 5.43 Å². The van der Waals surface area contributed by atoms with Crippen molar-refractivity contribution in [3.63, 3.8) is 0 Å². The number of aromatic nitrogens is 1. The Morgan fingerprint density at radius 3 is 2.50 bits per heavy atom. The van der Waals surface area contributed by atoms with E-state index in [-0.39, 0.29) is 5.76 Å². The minimum Gasteiger partial charge on any atom is -0.459 e. The topological polar surface area (TPSA) is 67.5 Å². The van der Waals surface area contributed by atoms with Crippen LogP contribution in [0.25, 0.3) is 0 Å². The second kappa shape index (κ2) is 6.49. The summed E-state index contributed by atoms with van der Waals surface area (Å²) in [6.07, 6.45) is 3.12. The third-order valence-corrected chi connectivity index (χ3v) is 2.97. The number of hydrogen-bond acceptors (Lipinski definition) is 4. The van der Waals surface area contributed by atoms with Gasteiger partial charge < -0.3 is 4.42 Å². The van der Waals surface area contributed by atoms with Gasteiger partial charge in [-0.1, -0.05) is 36.4 Å². The molecule has 5 nitrogen and oxygen atoms in total. The van der Waals surface area contributed by atoms with Crippen LogP contribution >= 0.6 is 0 Å². The molecule has 1 amide bonds. The number of nitrogens with one attached hydrogen (secondary N) is 1. The predicted molar refractivity (Wildman–Crippen MR) is 82.5 cm³/mol. The van der Waals surface area contributed by atoms with Crippen molar-refractivity contribution in [2.75, 3.05) is 0 Å². The first-order chi connectivity index (χ1) is 10.8. The van der Waals surface area contributed by atoms with E-state index in [2.05, 4.69) is 15.5 Å². The van der Waals surface area contributed by atoms with E-state index < -0.39 is 5.91 Å². The molecule has 108 valence electrons. The van der Waals surface area contributed by atoms with Gasteiger partial charge in [-0.05, 0) is 24.3 Å². The maximum Gasteiger partial charge on any atom is 0.307 e. The number of carbonyl (C=O) groups is 1. The van der Waals surface area contributed by atoms with Gasteiger partial charge >= 0.3 is 5.91 Å².